The minimum Gasteiger partial charge on any atom is -0.463 e. The Morgan fingerprint density at radius 2 is 2.08 bits per heavy atom. The van der Waals surface area contributed by atoms with Gasteiger partial charge in [0.15, 0.2) is 5.78 Å². The number of ether oxygens (including phenoxy) is 1. The van der Waals surface area contributed by atoms with E-state index in [2.05, 4.69) is 4.74 Å². The number of ketones is 1. The third-order valence-corrected chi connectivity index (χ3v) is 1.54. The van der Waals surface area contributed by atoms with Crippen molar-refractivity contribution >= 4 is 11.8 Å². The van der Waals surface area contributed by atoms with Gasteiger partial charge in [-0.15, -0.1) is 0 Å². The molecule has 0 aliphatic rings. The minimum atomic E-state index is -1.59. The average molecular weight is 186 g/mol. The molecule has 13 heavy (non-hydrogen) atoms. The third kappa shape index (κ3) is 4.42. The van der Waals surface area contributed by atoms with Crippen LogP contribution in [0.5, 0.6) is 0 Å². The second-order valence-corrected chi connectivity index (χ2v) is 2.79. The van der Waals surface area contributed by atoms with Crippen LogP contribution in [0.15, 0.2) is 12.2 Å². The molecule has 0 rings (SSSR count). The molecule has 0 aliphatic carbocycles. The molecule has 0 aromatic carbocycles. The number of aliphatic hydroxyl groups is 1. The second kappa shape index (κ2) is 4.77. The van der Waals surface area contributed by atoms with Crippen molar-refractivity contribution in [3.8, 4) is 0 Å². The van der Waals surface area contributed by atoms with Crippen LogP contribution in [-0.4, -0.2) is 29.1 Å². The average Bonchev–Trinajstić information content (AvgIpc) is 2.01. The summed E-state index contributed by atoms with van der Waals surface area (Å²) in [6.07, 6.45) is 2.16. The van der Waals surface area contributed by atoms with Crippen LogP contribution in [0.4, 0.5) is 0 Å². The van der Waals surface area contributed by atoms with Crippen molar-refractivity contribution in [1.29, 1.82) is 0 Å². The maximum atomic E-state index is 10.8. The van der Waals surface area contributed by atoms with E-state index in [0.29, 0.717) is 0 Å². The third-order valence-electron chi connectivity index (χ3n) is 1.54. The first-order valence-electron chi connectivity index (χ1n) is 3.99. The van der Waals surface area contributed by atoms with Crippen molar-refractivity contribution in [3.05, 3.63) is 12.2 Å². The molecule has 0 heterocycles. The van der Waals surface area contributed by atoms with Crippen LogP contribution >= 0.6 is 0 Å². The molecular weight excluding hydrogens is 172 g/mol. The predicted molar refractivity (Wildman–Crippen MR) is 47.1 cm³/mol. The number of hydrogen-bond donors (Lipinski definition) is 1. The van der Waals surface area contributed by atoms with Crippen molar-refractivity contribution in [3.63, 3.8) is 0 Å². The largest absolute Gasteiger partial charge is 0.463 e. The van der Waals surface area contributed by atoms with Crippen LogP contribution in [0.1, 0.15) is 20.8 Å². The van der Waals surface area contributed by atoms with Gasteiger partial charge in [-0.3, -0.25) is 4.79 Å². The Bertz CT molecular complexity index is 228. The van der Waals surface area contributed by atoms with Gasteiger partial charge in [0.05, 0.1) is 6.61 Å². The highest BCUT2D eigenvalue weighted by Crippen LogP contribution is 2.06. The highest BCUT2D eigenvalue weighted by Gasteiger charge is 2.22. The number of hydrogen-bond acceptors (Lipinski definition) is 4. The van der Waals surface area contributed by atoms with E-state index >= 15 is 0 Å². The maximum Gasteiger partial charge on any atom is 0.330 e. The van der Waals surface area contributed by atoms with Crippen molar-refractivity contribution in [2.45, 2.75) is 26.4 Å². The van der Waals surface area contributed by atoms with E-state index < -0.39 is 17.4 Å². The summed E-state index contributed by atoms with van der Waals surface area (Å²) in [5.74, 6) is -0.989. The molecule has 0 aromatic rings. The van der Waals surface area contributed by atoms with Crippen molar-refractivity contribution in [1.82, 2.24) is 0 Å². The molecule has 0 aromatic heterocycles. The monoisotopic (exact) mass is 186 g/mol. The summed E-state index contributed by atoms with van der Waals surface area (Å²) >= 11 is 0. The van der Waals surface area contributed by atoms with Crippen molar-refractivity contribution < 1.29 is 19.4 Å². The summed E-state index contributed by atoms with van der Waals surface area (Å²) in [6.45, 7) is 4.50. The van der Waals surface area contributed by atoms with E-state index in [1.165, 1.54) is 13.8 Å². The van der Waals surface area contributed by atoms with Gasteiger partial charge in [0.1, 0.15) is 5.60 Å². The fraction of sp³-hybridized carbons (Fsp3) is 0.556. The lowest BCUT2D eigenvalue weighted by atomic mass is 10.0. The molecule has 0 unspecified atom stereocenters. The Balaban J connectivity index is 4.25. The van der Waals surface area contributed by atoms with Gasteiger partial charge in [0.25, 0.3) is 0 Å². The van der Waals surface area contributed by atoms with Gasteiger partial charge >= 0.3 is 5.97 Å². The molecule has 0 saturated heterocycles. The number of carbonyl (C=O) groups excluding carboxylic acids is 2. The summed E-state index contributed by atoms with van der Waals surface area (Å²) < 4.78 is 4.57. The lowest BCUT2D eigenvalue weighted by molar-refractivity contribution is -0.137. The Morgan fingerprint density at radius 1 is 1.54 bits per heavy atom. The fourth-order valence-electron chi connectivity index (χ4n) is 0.538. The number of Topliss-reactive ketones (excluding diaryl/α,β-unsaturated/α-hetero) is 1. The van der Waals surface area contributed by atoms with Gasteiger partial charge < -0.3 is 9.84 Å². The lowest BCUT2D eigenvalue weighted by Crippen LogP contribution is -2.30. The van der Waals surface area contributed by atoms with Gasteiger partial charge in [-0.25, -0.2) is 4.79 Å². The maximum absolute atomic E-state index is 10.8. The molecule has 1 atom stereocenters. The van der Waals surface area contributed by atoms with E-state index in [9.17, 15) is 14.7 Å². The number of esters is 1. The quantitative estimate of drug-likeness (QED) is 0.511. The first-order valence-corrected chi connectivity index (χ1v) is 3.99. The topological polar surface area (TPSA) is 63.6 Å². The fourth-order valence-corrected chi connectivity index (χ4v) is 0.538. The lowest BCUT2D eigenvalue weighted by Gasteiger charge is -2.13. The van der Waals surface area contributed by atoms with Gasteiger partial charge in [-0.05, 0) is 26.8 Å². The molecule has 0 spiro atoms. The Hall–Kier alpha value is -1.16. The summed E-state index contributed by atoms with van der Waals surface area (Å²) in [6, 6.07) is 0. The predicted octanol–water partition coefficient (Wildman–Crippen LogP) is 0.446. The molecule has 0 bridgehead atoms. The zero-order valence-electron chi connectivity index (χ0n) is 8.03. The number of carbonyl (C=O) groups is 2. The van der Waals surface area contributed by atoms with Crippen molar-refractivity contribution in [2.24, 2.45) is 0 Å². The molecule has 0 fully saturated rings. The zero-order valence-corrected chi connectivity index (χ0v) is 8.03. The molecule has 4 nitrogen and oxygen atoms in total. The van der Waals surface area contributed by atoms with Crippen LogP contribution in [0.2, 0.25) is 0 Å². The van der Waals surface area contributed by atoms with Crippen LogP contribution in [0.25, 0.3) is 0 Å². The van der Waals surface area contributed by atoms with E-state index in [4.69, 9.17) is 0 Å². The molecular formula is C9H14O4. The van der Waals surface area contributed by atoms with E-state index in [-0.39, 0.29) is 6.61 Å². The standard InChI is InChI=1S/C9H14O4/c1-4-13-8(11)5-6-9(3,12)7(2)10/h5-6,12H,4H2,1-3H3/b6-5-/t9-/m1/s1. The minimum absolute atomic E-state index is 0.269. The summed E-state index contributed by atoms with van der Waals surface area (Å²) in [5.41, 5.74) is -1.59. The van der Waals surface area contributed by atoms with Crippen LogP contribution in [0, 0.1) is 0 Å². The zero-order chi connectivity index (χ0) is 10.5. The smallest absolute Gasteiger partial charge is 0.330 e. The van der Waals surface area contributed by atoms with Crippen LogP contribution in [-0.2, 0) is 14.3 Å². The van der Waals surface area contributed by atoms with Crippen molar-refractivity contribution in [2.75, 3.05) is 6.61 Å². The molecule has 0 radical (unpaired) electrons. The summed E-state index contributed by atoms with van der Waals surface area (Å²) in [4.78, 5) is 21.6. The second-order valence-electron chi connectivity index (χ2n) is 2.79. The summed E-state index contributed by atoms with van der Waals surface area (Å²) in [5, 5.41) is 9.36. The first-order chi connectivity index (χ1) is 5.90. The summed E-state index contributed by atoms with van der Waals surface area (Å²) in [7, 11) is 0. The van der Waals surface area contributed by atoms with Gasteiger partial charge in [0.2, 0.25) is 0 Å². The van der Waals surface area contributed by atoms with E-state index in [0.717, 1.165) is 12.2 Å². The number of rotatable bonds is 4. The Labute approximate surface area is 77.2 Å². The van der Waals surface area contributed by atoms with E-state index in [1.54, 1.807) is 6.92 Å². The Kier molecular flexibility index (Phi) is 4.34. The normalized spacial score (nSPS) is 15.4. The molecule has 4 heteroatoms. The molecule has 0 amide bonds. The molecule has 0 saturated carbocycles. The van der Waals surface area contributed by atoms with E-state index in [1.807, 2.05) is 0 Å². The SMILES string of the molecule is CCOC(=O)/C=C\[C@@](C)(O)C(C)=O. The molecule has 74 valence electrons. The van der Waals surface area contributed by atoms with Gasteiger partial charge in [-0.1, -0.05) is 0 Å². The van der Waals surface area contributed by atoms with Gasteiger partial charge in [-0.2, -0.15) is 0 Å². The highest BCUT2D eigenvalue weighted by molar-refractivity contribution is 5.89. The first kappa shape index (κ1) is 11.8. The molecule has 0 aliphatic heterocycles. The Morgan fingerprint density at radius 3 is 2.46 bits per heavy atom. The highest BCUT2D eigenvalue weighted by atomic mass is 16.5. The van der Waals surface area contributed by atoms with Crippen LogP contribution < -0.4 is 0 Å². The molecule has 1 N–H and O–H groups in total. The van der Waals surface area contributed by atoms with Gasteiger partial charge in [0, 0.05) is 6.08 Å². The van der Waals surface area contributed by atoms with Crippen LogP contribution in [0.3, 0.4) is 0 Å².